The van der Waals surface area contributed by atoms with Crippen LogP contribution in [-0.2, 0) is 5.41 Å². The second kappa shape index (κ2) is 9.68. The minimum absolute atomic E-state index is 0.336. The first-order chi connectivity index (χ1) is 17.8. The molecule has 186 valence electrons. The van der Waals surface area contributed by atoms with E-state index in [1.54, 1.807) is 0 Å². The zero-order valence-electron chi connectivity index (χ0n) is 21.7. The van der Waals surface area contributed by atoms with Crippen LogP contribution in [0.1, 0.15) is 25.0 Å². The smallest absolute Gasteiger partial charge is 0.214 e. The van der Waals surface area contributed by atoms with Gasteiger partial charge in [-0.2, -0.15) is 4.58 Å². The highest BCUT2D eigenvalue weighted by Gasteiger charge is 2.46. The number of allylic oxidation sites excluding steroid dienone is 11. The van der Waals surface area contributed by atoms with Gasteiger partial charge in [-0.3, -0.25) is 0 Å². The van der Waals surface area contributed by atoms with Crippen LogP contribution in [0, 0.1) is 0 Å². The summed E-state index contributed by atoms with van der Waals surface area (Å²) in [6.07, 6.45) is 16.9. The molecule has 0 saturated carbocycles. The Morgan fingerprint density at radius 3 is 2.54 bits per heavy atom. The standard InChI is InChI=1S/C32H32N2O3/c1-32(2)28-19-25(36-21-35)16-17-29(28)34(5)31(32)20-26-18-23(27-8-6-7-9-30(27)37-26)13-10-22-11-14-24(15-12-22)33(3)4/h6-20,35H,5,21H2,1-4H3/q+2/b23-13-,31-20+. The van der Waals surface area contributed by atoms with Gasteiger partial charge in [-0.25, -0.2) is 4.58 Å². The molecule has 0 fully saturated rings. The predicted molar refractivity (Wildman–Crippen MR) is 149 cm³/mol. The summed E-state index contributed by atoms with van der Waals surface area (Å²) >= 11 is 0. The van der Waals surface area contributed by atoms with Gasteiger partial charge in [0.25, 0.3) is 0 Å². The molecule has 1 N–H and O–H groups in total. The van der Waals surface area contributed by atoms with Crippen LogP contribution in [0.5, 0.6) is 11.5 Å². The number of benzene rings is 2. The average Bonchev–Trinajstić information content (AvgIpc) is 3.08. The molecule has 0 radical (unpaired) electrons. The second-order valence-corrected chi connectivity index (χ2v) is 9.95. The van der Waals surface area contributed by atoms with Crippen LogP contribution in [0.25, 0.3) is 5.57 Å². The summed E-state index contributed by atoms with van der Waals surface area (Å²) in [5.74, 6) is 2.20. The largest absolute Gasteiger partial charge is 0.468 e. The van der Waals surface area contributed by atoms with Crippen molar-refractivity contribution in [2.45, 2.75) is 19.3 Å². The number of nitrogens with zero attached hydrogens (tertiary/aromatic N) is 2. The number of aliphatic hydroxyl groups excluding tert-OH is 1. The van der Waals surface area contributed by atoms with E-state index >= 15 is 0 Å². The Labute approximate surface area is 218 Å². The predicted octanol–water partition coefficient (Wildman–Crippen LogP) is 5.66. The zero-order valence-corrected chi connectivity index (χ0v) is 21.7. The minimum atomic E-state index is -0.359. The van der Waals surface area contributed by atoms with Crippen molar-refractivity contribution < 1.29 is 23.7 Å². The lowest BCUT2D eigenvalue weighted by Crippen LogP contribution is -2.19. The first kappa shape index (κ1) is 24.5. The number of rotatable bonds is 4. The molecule has 0 saturated heterocycles. The van der Waals surface area contributed by atoms with Crippen LogP contribution in [0.4, 0.5) is 5.69 Å². The molecule has 0 aromatic heterocycles. The van der Waals surface area contributed by atoms with E-state index < -0.39 is 0 Å². The lowest BCUT2D eigenvalue weighted by atomic mass is 9.83. The van der Waals surface area contributed by atoms with Crippen LogP contribution >= 0.6 is 0 Å². The summed E-state index contributed by atoms with van der Waals surface area (Å²) in [5, 5.41) is 9.18. The fraction of sp³-hybridized carbons (Fsp3) is 0.188. The number of hydrogen-bond acceptors (Lipinski definition) is 3. The fourth-order valence-corrected chi connectivity index (χ4v) is 4.87. The molecular weight excluding hydrogens is 460 g/mol. The zero-order chi connectivity index (χ0) is 26.2. The Bertz CT molecular complexity index is 1490. The van der Waals surface area contributed by atoms with Gasteiger partial charge < -0.3 is 14.6 Å². The van der Waals surface area contributed by atoms with Gasteiger partial charge in [0.15, 0.2) is 12.5 Å². The molecule has 5 nitrogen and oxygen atoms in total. The molecule has 0 atom stereocenters. The third kappa shape index (κ3) is 4.66. The van der Waals surface area contributed by atoms with Crippen LogP contribution in [0.3, 0.4) is 0 Å². The normalized spacial score (nSPS) is 19.5. The molecule has 2 aromatic rings. The number of hydrogen-bond donors (Lipinski definition) is 1. The van der Waals surface area contributed by atoms with Crippen molar-refractivity contribution in [1.82, 2.24) is 0 Å². The maximum absolute atomic E-state index is 9.18. The molecule has 0 bridgehead atoms. The molecule has 2 heterocycles. The molecule has 0 amide bonds. The second-order valence-electron chi connectivity index (χ2n) is 9.95. The van der Waals surface area contributed by atoms with E-state index in [4.69, 9.17) is 9.47 Å². The SMILES string of the molecule is C=[N+]1/C(=C/C2=CC(=C/C=C3C=CC(=[N+](C)C)C=C3)/c3ccccc3O2)C(C)(C)c2cc(OCO)ccc21. The van der Waals surface area contributed by atoms with E-state index in [9.17, 15) is 5.11 Å². The molecule has 5 rings (SSSR count). The fourth-order valence-electron chi connectivity index (χ4n) is 4.87. The van der Waals surface area contributed by atoms with E-state index in [-0.39, 0.29) is 12.2 Å². The van der Waals surface area contributed by atoms with Crippen molar-refractivity contribution in [3.05, 3.63) is 119 Å². The monoisotopic (exact) mass is 492 g/mol. The Hall–Kier alpha value is -4.22. The summed E-state index contributed by atoms with van der Waals surface area (Å²) in [4.78, 5) is 0. The van der Waals surface area contributed by atoms with Gasteiger partial charge >= 0.3 is 0 Å². The van der Waals surface area contributed by atoms with Gasteiger partial charge in [0, 0.05) is 35.4 Å². The molecule has 0 unspecified atom stereocenters. The van der Waals surface area contributed by atoms with Crippen molar-refractivity contribution in [2.75, 3.05) is 20.9 Å². The van der Waals surface area contributed by atoms with E-state index in [0.717, 1.165) is 45.2 Å². The molecule has 0 spiro atoms. The van der Waals surface area contributed by atoms with E-state index in [1.165, 1.54) is 5.71 Å². The number of para-hydroxylation sites is 1. The first-order valence-corrected chi connectivity index (χ1v) is 12.3. The quantitative estimate of drug-likeness (QED) is 0.443. The van der Waals surface area contributed by atoms with Crippen LogP contribution < -0.4 is 9.47 Å². The van der Waals surface area contributed by atoms with Gasteiger partial charge in [-0.15, -0.1) is 0 Å². The maximum Gasteiger partial charge on any atom is 0.214 e. The summed E-state index contributed by atoms with van der Waals surface area (Å²) in [5.41, 5.74) is 7.19. The van der Waals surface area contributed by atoms with E-state index in [2.05, 4.69) is 79.8 Å². The van der Waals surface area contributed by atoms with Gasteiger partial charge in [0.2, 0.25) is 11.4 Å². The highest BCUT2D eigenvalue weighted by Crippen LogP contribution is 2.48. The highest BCUT2D eigenvalue weighted by molar-refractivity contribution is 6.02. The molecule has 2 aromatic carbocycles. The Morgan fingerprint density at radius 1 is 1.05 bits per heavy atom. The average molecular weight is 493 g/mol. The van der Waals surface area contributed by atoms with Gasteiger partial charge in [-0.05, 0) is 61.4 Å². The van der Waals surface area contributed by atoms with Gasteiger partial charge in [0.05, 0.1) is 5.41 Å². The number of aliphatic hydroxyl groups is 1. The summed E-state index contributed by atoms with van der Waals surface area (Å²) in [7, 11) is 4.08. The Balaban J connectivity index is 1.53. The lowest BCUT2D eigenvalue weighted by Gasteiger charge is -2.20. The summed E-state index contributed by atoms with van der Waals surface area (Å²) < 4.78 is 15.7. The molecule has 3 aliphatic rings. The first-order valence-electron chi connectivity index (χ1n) is 12.3. The van der Waals surface area contributed by atoms with Crippen molar-refractivity contribution in [2.24, 2.45) is 0 Å². The van der Waals surface area contributed by atoms with Crippen LogP contribution in [0.15, 0.2) is 108 Å². The molecule has 2 aliphatic heterocycles. The molecular formula is C32H32N2O3+2. The lowest BCUT2D eigenvalue weighted by molar-refractivity contribution is -0.462. The number of ether oxygens (including phenoxy) is 2. The Kier molecular flexibility index (Phi) is 6.40. The van der Waals surface area contributed by atoms with Crippen LogP contribution in [-0.4, -0.2) is 47.6 Å². The molecule has 1 aliphatic carbocycles. The van der Waals surface area contributed by atoms with Crippen LogP contribution in [0.2, 0.25) is 0 Å². The minimum Gasteiger partial charge on any atom is -0.468 e. The maximum atomic E-state index is 9.18. The van der Waals surface area contributed by atoms with Gasteiger partial charge in [0.1, 0.15) is 38.1 Å². The third-order valence-corrected chi connectivity index (χ3v) is 6.96. The topological polar surface area (TPSA) is 44.7 Å². The Morgan fingerprint density at radius 2 is 1.81 bits per heavy atom. The molecule has 37 heavy (non-hydrogen) atoms. The number of fused-ring (bicyclic) bond motifs is 2. The third-order valence-electron chi connectivity index (χ3n) is 6.96. The highest BCUT2D eigenvalue weighted by atomic mass is 16.6. The van der Waals surface area contributed by atoms with Gasteiger partial charge in [-0.1, -0.05) is 30.4 Å². The van der Waals surface area contributed by atoms with E-state index in [1.807, 2.05) is 55.1 Å². The van der Waals surface area contributed by atoms with Crippen molar-refractivity contribution in [3.8, 4) is 11.5 Å². The van der Waals surface area contributed by atoms with Crippen molar-refractivity contribution in [3.63, 3.8) is 0 Å². The van der Waals surface area contributed by atoms with Crippen molar-refractivity contribution in [1.29, 1.82) is 0 Å². The van der Waals surface area contributed by atoms with E-state index in [0.29, 0.717) is 5.75 Å². The summed E-state index contributed by atoms with van der Waals surface area (Å²) in [6, 6.07) is 13.9. The summed E-state index contributed by atoms with van der Waals surface area (Å²) in [6.45, 7) is 8.28. The molecule has 5 heteroatoms. The van der Waals surface area contributed by atoms with Crippen molar-refractivity contribution >= 4 is 23.7 Å².